The van der Waals surface area contributed by atoms with E-state index in [2.05, 4.69) is 21.1 Å². The first-order valence-corrected chi connectivity index (χ1v) is 6.04. The molecule has 4 nitrogen and oxygen atoms in total. The number of ether oxygens (including phenoxy) is 1. The normalized spacial score (nSPS) is 25.9. The average molecular weight is 223 g/mol. The summed E-state index contributed by atoms with van der Waals surface area (Å²) in [7, 11) is 3.77. The van der Waals surface area contributed by atoms with Gasteiger partial charge in [0.2, 0.25) is 0 Å². The summed E-state index contributed by atoms with van der Waals surface area (Å²) < 4.78 is 7.78. The lowest BCUT2D eigenvalue weighted by Crippen LogP contribution is -2.25. The Labute approximate surface area is 97.0 Å². The molecular formula is C12H21N3O. The van der Waals surface area contributed by atoms with Crippen LogP contribution >= 0.6 is 0 Å². The van der Waals surface area contributed by atoms with Crippen LogP contribution in [-0.2, 0) is 11.3 Å². The summed E-state index contributed by atoms with van der Waals surface area (Å²) in [6.45, 7) is 0.834. The van der Waals surface area contributed by atoms with E-state index >= 15 is 0 Å². The second-order valence-electron chi connectivity index (χ2n) is 4.46. The fourth-order valence-corrected chi connectivity index (χ4v) is 2.56. The Balaban J connectivity index is 2.07. The smallest absolute Gasteiger partial charge is 0.122 e. The van der Waals surface area contributed by atoms with E-state index in [1.165, 1.54) is 19.3 Å². The maximum atomic E-state index is 5.47. The second kappa shape index (κ2) is 5.46. The van der Waals surface area contributed by atoms with Gasteiger partial charge in [0.15, 0.2) is 0 Å². The summed E-state index contributed by atoms with van der Waals surface area (Å²) in [5.74, 6) is 1.13. The largest absolute Gasteiger partial charge is 0.381 e. The summed E-state index contributed by atoms with van der Waals surface area (Å²) in [6.07, 6.45) is 9.21. The Morgan fingerprint density at radius 1 is 1.56 bits per heavy atom. The Morgan fingerprint density at radius 3 is 3.19 bits per heavy atom. The highest BCUT2D eigenvalue weighted by atomic mass is 16.5. The number of imidazole rings is 1. The van der Waals surface area contributed by atoms with Gasteiger partial charge in [-0.15, -0.1) is 0 Å². The predicted molar refractivity (Wildman–Crippen MR) is 63.3 cm³/mol. The van der Waals surface area contributed by atoms with E-state index in [-0.39, 0.29) is 0 Å². The average Bonchev–Trinajstić information content (AvgIpc) is 2.78. The van der Waals surface area contributed by atoms with Crippen LogP contribution in [0, 0.1) is 0 Å². The topological polar surface area (TPSA) is 39.1 Å². The number of rotatable bonds is 4. The van der Waals surface area contributed by atoms with Gasteiger partial charge in [-0.3, -0.25) is 0 Å². The van der Waals surface area contributed by atoms with Crippen molar-refractivity contribution in [2.45, 2.75) is 44.4 Å². The second-order valence-corrected chi connectivity index (χ2v) is 4.46. The van der Waals surface area contributed by atoms with Crippen molar-refractivity contribution in [3.63, 3.8) is 0 Å². The molecular weight excluding hydrogens is 202 g/mol. The van der Waals surface area contributed by atoms with Crippen LogP contribution in [0.5, 0.6) is 0 Å². The predicted octanol–water partition coefficient (Wildman–Crippen LogP) is 1.73. The maximum Gasteiger partial charge on any atom is 0.122 e. The van der Waals surface area contributed by atoms with Gasteiger partial charge in [-0.05, 0) is 32.7 Å². The van der Waals surface area contributed by atoms with Gasteiger partial charge in [-0.2, -0.15) is 0 Å². The standard InChI is InChI=1S/C12H21N3O/c1-13-9-12-14-6-7-15(12)10-4-3-5-11(8-10)16-2/h6-7,10-11,13H,3-5,8-9H2,1-2H3. The summed E-state index contributed by atoms with van der Waals surface area (Å²) in [4.78, 5) is 4.39. The highest BCUT2D eigenvalue weighted by Crippen LogP contribution is 2.30. The van der Waals surface area contributed by atoms with Crippen LogP contribution in [0.25, 0.3) is 0 Å². The zero-order chi connectivity index (χ0) is 11.4. The summed E-state index contributed by atoms with van der Waals surface area (Å²) in [5.41, 5.74) is 0. The molecule has 1 fully saturated rings. The SMILES string of the molecule is CNCc1nccn1C1CCCC(OC)C1. The van der Waals surface area contributed by atoms with E-state index in [1.54, 1.807) is 0 Å². The minimum Gasteiger partial charge on any atom is -0.381 e. The molecule has 1 aromatic rings. The Hall–Kier alpha value is -0.870. The van der Waals surface area contributed by atoms with E-state index in [9.17, 15) is 0 Å². The maximum absolute atomic E-state index is 5.47. The molecule has 1 aliphatic carbocycles. The van der Waals surface area contributed by atoms with Gasteiger partial charge in [0.05, 0.1) is 12.6 Å². The third kappa shape index (κ3) is 2.44. The molecule has 1 saturated carbocycles. The molecule has 1 heterocycles. The zero-order valence-corrected chi connectivity index (χ0v) is 10.1. The van der Waals surface area contributed by atoms with Crippen LogP contribution in [0.4, 0.5) is 0 Å². The molecule has 0 radical (unpaired) electrons. The number of aromatic nitrogens is 2. The van der Waals surface area contributed by atoms with Gasteiger partial charge >= 0.3 is 0 Å². The number of hydrogen-bond acceptors (Lipinski definition) is 3. The molecule has 0 aliphatic heterocycles. The van der Waals surface area contributed by atoms with Crippen molar-refractivity contribution in [1.82, 2.24) is 14.9 Å². The summed E-state index contributed by atoms with van der Waals surface area (Å²) in [5, 5.41) is 3.16. The molecule has 1 N–H and O–H groups in total. The molecule has 2 rings (SSSR count). The van der Waals surface area contributed by atoms with Crippen LogP contribution in [0.2, 0.25) is 0 Å². The van der Waals surface area contributed by atoms with E-state index in [0.717, 1.165) is 18.8 Å². The van der Waals surface area contributed by atoms with Gasteiger partial charge in [-0.25, -0.2) is 4.98 Å². The molecule has 0 aromatic carbocycles. The molecule has 90 valence electrons. The van der Waals surface area contributed by atoms with Crippen LogP contribution in [-0.4, -0.2) is 29.8 Å². The first-order chi connectivity index (χ1) is 7.85. The molecule has 1 aromatic heterocycles. The molecule has 16 heavy (non-hydrogen) atoms. The monoisotopic (exact) mass is 223 g/mol. The molecule has 2 unspecified atom stereocenters. The number of methoxy groups -OCH3 is 1. The van der Waals surface area contributed by atoms with Gasteiger partial charge in [0.1, 0.15) is 5.82 Å². The van der Waals surface area contributed by atoms with E-state index in [4.69, 9.17) is 4.74 Å². The first kappa shape index (κ1) is 11.6. The van der Waals surface area contributed by atoms with Crippen molar-refractivity contribution >= 4 is 0 Å². The van der Waals surface area contributed by atoms with E-state index < -0.39 is 0 Å². The van der Waals surface area contributed by atoms with Crippen LogP contribution < -0.4 is 5.32 Å². The Kier molecular flexibility index (Phi) is 3.96. The summed E-state index contributed by atoms with van der Waals surface area (Å²) in [6, 6.07) is 0.560. The van der Waals surface area contributed by atoms with E-state index in [1.807, 2.05) is 20.4 Å². The van der Waals surface area contributed by atoms with Gasteiger partial charge in [-0.1, -0.05) is 0 Å². The number of nitrogens with one attached hydrogen (secondary N) is 1. The van der Waals surface area contributed by atoms with Crippen molar-refractivity contribution in [3.05, 3.63) is 18.2 Å². The molecule has 0 spiro atoms. The number of nitrogens with zero attached hydrogens (tertiary/aromatic N) is 2. The van der Waals surface area contributed by atoms with E-state index in [0.29, 0.717) is 12.1 Å². The van der Waals surface area contributed by atoms with Crippen molar-refractivity contribution < 1.29 is 4.74 Å². The van der Waals surface area contributed by atoms with Crippen LogP contribution in [0.3, 0.4) is 0 Å². The minimum absolute atomic E-state index is 0.420. The third-order valence-electron chi connectivity index (χ3n) is 3.41. The fourth-order valence-electron chi connectivity index (χ4n) is 2.56. The minimum atomic E-state index is 0.420. The highest BCUT2D eigenvalue weighted by molar-refractivity contribution is 4.96. The fraction of sp³-hybridized carbons (Fsp3) is 0.750. The summed E-state index contributed by atoms with van der Waals surface area (Å²) >= 11 is 0. The van der Waals surface area contributed by atoms with Crippen molar-refractivity contribution in [2.75, 3.05) is 14.2 Å². The quantitative estimate of drug-likeness (QED) is 0.845. The lowest BCUT2D eigenvalue weighted by molar-refractivity contribution is 0.0525. The van der Waals surface area contributed by atoms with Crippen molar-refractivity contribution in [1.29, 1.82) is 0 Å². The first-order valence-electron chi connectivity index (χ1n) is 6.04. The molecule has 0 bridgehead atoms. The molecule has 0 amide bonds. The highest BCUT2D eigenvalue weighted by Gasteiger charge is 2.23. The van der Waals surface area contributed by atoms with Crippen molar-refractivity contribution in [2.24, 2.45) is 0 Å². The number of hydrogen-bond donors (Lipinski definition) is 1. The molecule has 0 saturated heterocycles. The molecule has 2 atom stereocenters. The zero-order valence-electron chi connectivity index (χ0n) is 10.1. The van der Waals surface area contributed by atoms with Crippen LogP contribution in [0.15, 0.2) is 12.4 Å². The third-order valence-corrected chi connectivity index (χ3v) is 3.41. The lowest BCUT2D eigenvalue weighted by atomic mass is 9.92. The lowest BCUT2D eigenvalue weighted by Gasteiger charge is -2.30. The van der Waals surface area contributed by atoms with Crippen molar-refractivity contribution in [3.8, 4) is 0 Å². The van der Waals surface area contributed by atoms with Gasteiger partial charge < -0.3 is 14.6 Å². The molecule has 4 heteroatoms. The van der Waals surface area contributed by atoms with Gasteiger partial charge in [0.25, 0.3) is 0 Å². The molecule has 1 aliphatic rings. The Morgan fingerprint density at radius 2 is 2.44 bits per heavy atom. The van der Waals surface area contributed by atoms with Crippen LogP contribution in [0.1, 0.15) is 37.5 Å². The Bertz CT molecular complexity index is 324. The van der Waals surface area contributed by atoms with Gasteiger partial charge in [0, 0.05) is 25.5 Å².